The summed E-state index contributed by atoms with van der Waals surface area (Å²) < 4.78 is 14.4. The molecule has 0 unspecified atom stereocenters. The fourth-order valence-electron chi connectivity index (χ4n) is 3.22. The molecule has 0 radical (unpaired) electrons. The second-order valence-corrected chi connectivity index (χ2v) is 7.23. The minimum absolute atomic E-state index is 0.0323. The number of anilines is 1. The van der Waals surface area contributed by atoms with E-state index in [1.54, 1.807) is 17.0 Å². The van der Waals surface area contributed by atoms with Gasteiger partial charge in [-0.1, -0.05) is 29.3 Å². The first-order valence-electron chi connectivity index (χ1n) is 8.72. The van der Waals surface area contributed by atoms with Gasteiger partial charge in [-0.05, 0) is 23.8 Å². The van der Waals surface area contributed by atoms with Gasteiger partial charge in [0.05, 0.1) is 21.2 Å². The lowest BCUT2D eigenvalue weighted by molar-refractivity contribution is -0.384. The maximum atomic E-state index is 14.4. The number of benzene rings is 2. The van der Waals surface area contributed by atoms with Crippen molar-refractivity contribution in [3.05, 3.63) is 67.4 Å². The average molecular weight is 440 g/mol. The maximum absolute atomic E-state index is 14.4. The van der Waals surface area contributed by atoms with Gasteiger partial charge in [-0.25, -0.2) is 4.39 Å². The van der Waals surface area contributed by atoms with Crippen LogP contribution in [0, 0.1) is 15.9 Å². The lowest BCUT2D eigenvalue weighted by Crippen LogP contribution is -2.49. The molecule has 1 heterocycles. The largest absolute Gasteiger partial charge is 0.366 e. The lowest BCUT2D eigenvalue weighted by Gasteiger charge is -2.36. The van der Waals surface area contributed by atoms with E-state index in [2.05, 4.69) is 0 Å². The quantitative estimate of drug-likeness (QED) is 0.402. The van der Waals surface area contributed by atoms with Crippen molar-refractivity contribution in [3.8, 4) is 0 Å². The van der Waals surface area contributed by atoms with Crippen LogP contribution in [0.25, 0.3) is 0 Å². The highest BCUT2D eigenvalue weighted by Gasteiger charge is 2.29. The zero-order valence-electron chi connectivity index (χ0n) is 15.1. The number of hydrogen-bond acceptors (Lipinski definition) is 5. The number of piperazine rings is 1. The molecule has 0 N–H and O–H groups in total. The van der Waals surface area contributed by atoms with Gasteiger partial charge in [0, 0.05) is 38.7 Å². The van der Waals surface area contributed by atoms with Crippen LogP contribution >= 0.6 is 23.2 Å². The van der Waals surface area contributed by atoms with E-state index in [9.17, 15) is 24.1 Å². The summed E-state index contributed by atoms with van der Waals surface area (Å²) in [5.41, 5.74) is 0.471. The Hall–Kier alpha value is -2.71. The number of amides is 1. The van der Waals surface area contributed by atoms with E-state index in [0.29, 0.717) is 30.6 Å². The van der Waals surface area contributed by atoms with E-state index in [4.69, 9.17) is 23.2 Å². The van der Waals surface area contributed by atoms with Crippen LogP contribution in [0.1, 0.15) is 15.9 Å². The van der Waals surface area contributed by atoms with Crippen molar-refractivity contribution in [2.24, 2.45) is 0 Å². The first kappa shape index (κ1) is 21.0. The van der Waals surface area contributed by atoms with E-state index < -0.39 is 22.3 Å². The molecule has 3 rings (SSSR count). The number of nitro groups is 1. The molecule has 1 aliphatic rings. The second-order valence-electron chi connectivity index (χ2n) is 6.45. The predicted octanol–water partition coefficient (Wildman–Crippen LogP) is 3.74. The Morgan fingerprint density at radius 1 is 1.17 bits per heavy atom. The Balaban J connectivity index is 1.75. The molecule has 152 valence electrons. The molecular formula is C19H16Cl2FN3O4. The molecule has 1 aliphatic heterocycles. The van der Waals surface area contributed by atoms with E-state index in [1.165, 1.54) is 17.0 Å². The van der Waals surface area contributed by atoms with Gasteiger partial charge in [0.15, 0.2) is 0 Å². The van der Waals surface area contributed by atoms with Crippen LogP contribution in [0.5, 0.6) is 0 Å². The fraction of sp³-hybridized carbons (Fsp3) is 0.263. The normalized spacial score (nSPS) is 14.0. The van der Waals surface area contributed by atoms with Gasteiger partial charge >= 0.3 is 0 Å². The highest BCUT2D eigenvalue weighted by Crippen LogP contribution is 2.34. The number of halogens is 3. The van der Waals surface area contributed by atoms with E-state index in [0.717, 1.165) is 6.07 Å². The molecule has 10 heteroatoms. The van der Waals surface area contributed by atoms with Gasteiger partial charge in [-0.15, -0.1) is 0 Å². The molecule has 0 aliphatic carbocycles. The molecule has 29 heavy (non-hydrogen) atoms. The van der Waals surface area contributed by atoms with Crippen molar-refractivity contribution in [2.75, 3.05) is 31.1 Å². The van der Waals surface area contributed by atoms with Crippen LogP contribution in [0.3, 0.4) is 0 Å². The molecule has 1 saturated heterocycles. The summed E-state index contributed by atoms with van der Waals surface area (Å²) in [4.78, 5) is 37.1. The smallest absolute Gasteiger partial charge is 0.288 e. The topological polar surface area (TPSA) is 83.8 Å². The molecule has 1 fully saturated rings. The van der Waals surface area contributed by atoms with Crippen molar-refractivity contribution in [2.45, 2.75) is 6.42 Å². The molecule has 0 bridgehead atoms. The van der Waals surface area contributed by atoms with Crippen molar-refractivity contribution < 1.29 is 18.9 Å². The SMILES string of the molecule is O=CCc1ccc(N2CCN(C(=O)c3c(Cl)ccc([N+](=O)[O-])c3Cl)CC2)c(F)c1. The predicted molar refractivity (Wildman–Crippen MR) is 107 cm³/mol. The van der Waals surface area contributed by atoms with E-state index in [1.807, 2.05) is 0 Å². The molecule has 0 atom stereocenters. The minimum atomic E-state index is -0.676. The molecule has 0 saturated carbocycles. The third kappa shape index (κ3) is 4.33. The fourth-order valence-corrected chi connectivity index (χ4v) is 3.82. The molecule has 1 amide bonds. The summed E-state index contributed by atoms with van der Waals surface area (Å²) >= 11 is 12.1. The van der Waals surface area contributed by atoms with Crippen LogP contribution in [-0.2, 0) is 11.2 Å². The molecule has 2 aromatic rings. The van der Waals surface area contributed by atoms with E-state index >= 15 is 0 Å². The van der Waals surface area contributed by atoms with Gasteiger partial charge in [0.1, 0.15) is 17.1 Å². The van der Waals surface area contributed by atoms with Gasteiger partial charge in [-0.3, -0.25) is 14.9 Å². The first-order chi connectivity index (χ1) is 13.8. The van der Waals surface area contributed by atoms with Crippen LogP contribution in [0.15, 0.2) is 30.3 Å². The summed E-state index contributed by atoms with van der Waals surface area (Å²) in [6.45, 7) is 1.26. The van der Waals surface area contributed by atoms with Gasteiger partial charge < -0.3 is 14.6 Å². The molecule has 2 aromatic carbocycles. The lowest BCUT2D eigenvalue weighted by atomic mass is 10.1. The zero-order chi connectivity index (χ0) is 21.1. The van der Waals surface area contributed by atoms with Crippen molar-refractivity contribution in [1.82, 2.24) is 4.90 Å². The van der Waals surface area contributed by atoms with Gasteiger partial charge in [0.25, 0.3) is 11.6 Å². The summed E-state index contributed by atoms with van der Waals surface area (Å²) in [6.07, 6.45) is 0.854. The summed E-state index contributed by atoms with van der Waals surface area (Å²) in [5.74, 6) is -0.945. The standard InChI is InChI=1S/C19H16Cl2FN3O4/c20-13-2-4-16(25(28)29)18(21)17(13)19(27)24-8-6-23(7-9-24)15-3-1-12(5-10-26)11-14(15)22/h1-4,10-11H,5-9H2. The Kier molecular flexibility index (Phi) is 6.34. The third-order valence-electron chi connectivity index (χ3n) is 4.72. The van der Waals surface area contributed by atoms with Crippen molar-refractivity contribution in [1.29, 1.82) is 0 Å². The molecule has 0 aromatic heterocycles. The highest BCUT2D eigenvalue weighted by atomic mass is 35.5. The summed E-state index contributed by atoms with van der Waals surface area (Å²) in [5, 5.41) is 10.8. The molecule has 7 nitrogen and oxygen atoms in total. The monoisotopic (exact) mass is 439 g/mol. The number of nitrogens with zero attached hydrogens (tertiary/aromatic N) is 3. The second kappa shape index (κ2) is 8.75. The Bertz CT molecular complexity index is 978. The molecular weight excluding hydrogens is 424 g/mol. The van der Waals surface area contributed by atoms with Crippen LogP contribution in [-0.4, -0.2) is 48.2 Å². The number of nitro benzene ring substituents is 1. The van der Waals surface area contributed by atoms with Crippen molar-refractivity contribution >= 4 is 46.8 Å². The minimum Gasteiger partial charge on any atom is -0.366 e. The van der Waals surface area contributed by atoms with Gasteiger partial charge in [0.2, 0.25) is 0 Å². The highest BCUT2D eigenvalue weighted by molar-refractivity contribution is 6.41. The summed E-state index contributed by atoms with van der Waals surface area (Å²) in [6, 6.07) is 7.04. The first-order valence-corrected chi connectivity index (χ1v) is 9.47. The van der Waals surface area contributed by atoms with Gasteiger partial charge in [-0.2, -0.15) is 0 Å². The molecule has 0 spiro atoms. The Labute approximate surface area is 175 Å². The number of rotatable bonds is 5. The Morgan fingerprint density at radius 2 is 1.86 bits per heavy atom. The third-order valence-corrected chi connectivity index (χ3v) is 5.42. The number of carbonyl (C=O) groups is 2. The van der Waals surface area contributed by atoms with Crippen molar-refractivity contribution in [3.63, 3.8) is 0 Å². The van der Waals surface area contributed by atoms with Crippen LogP contribution in [0.4, 0.5) is 15.8 Å². The number of hydrogen-bond donors (Lipinski definition) is 0. The average Bonchev–Trinajstić information content (AvgIpc) is 2.68. The van der Waals surface area contributed by atoms with E-state index in [-0.39, 0.29) is 35.1 Å². The maximum Gasteiger partial charge on any atom is 0.288 e. The van der Waals surface area contributed by atoms with Crippen LogP contribution in [0.2, 0.25) is 10.0 Å². The number of aldehydes is 1. The summed E-state index contributed by atoms with van der Waals surface area (Å²) in [7, 11) is 0. The Morgan fingerprint density at radius 3 is 2.45 bits per heavy atom. The zero-order valence-corrected chi connectivity index (χ0v) is 16.6. The number of carbonyl (C=O) groups excluding carboxylic acids is 2. The van der Waals surface area contributed by atoms with Crippen LogP contribution < -0.4 is 4.90 Å².